The molecular formula is C11H11F2N3O2. The van der Waals surface area contributed by atoms with Gasteiger partial charge in [-0.15, -0.1) is 0 Å². The van der Waals surface area contributed by atoms with Crippen LogP contribution in [0, 0.1) is 29.9 Å². The minimum atomic E-state index is -1.14. The predicted molar refractivity (Wildman–Crippen MR) is 59.6 cm³/mol. The van der Waals surface area contributed by atoms with Gasteiger partial charge in [-0.3, -0.25) is 4.84 Å². The molecule has 0 aromatic heterocycles. The molecule has 2 amide bonds. The van der Waals surface area contributed by atoms with Crippen molar-refractivity contribution in [3.05, 3.63) is 28.8 Å². The zero-order valence-electron chi connectivity index (χ0n) is 10.0. The van der Waals surface area contributed by atoms with E-state index in [0.29, 0.717) is 0 Å². The second-order valence-electron chi connectivity index (χ2n) is 3.44. The van der Waals surface area contributed by atoms with Crippen LogP contribution >= 0.6 is 0 Å². The SMILES string of the molecule is CON(C)C(=O)Nc1c(C#N)cc(F)c(F)c1C. The van der Waals surface area contributed by atoms with E-state index in [2.05, 4.69) is 10.2 Å². The van der Waals surface area contributed by atoms with Crippen molar-refractivity contribution in [2.75, 3.05) is 19.5 Å². The molecule has 1 aromatic carbocycles. The number of rotatable bonds is 2. The third-order valence-corrected chi connectivity index (χ3v) is 2.37. The van der Waals surface area contributed by atoms with Crippen LogP contribution in [0.3, 0.4) is 0 Å². The van der Waals surface area contributed by atoms with E-state index in [1.165, 1.54) is 21.1 Å². The van der Waals surface area contributed by atoms with Gasteiger partial charge in [-0.2, -0.15) is 5.26 Å². The van der Waals surface area contributed by atoms with E-state index in [1.807, 2.05) is 0 Å². The van der Waals surface area contributed by atoms with Crippen LogP contribution in [-0.2, 0) is 4.84 Å². The van der Waals surface area contributed by atoms with Crippen molar-refractivity contribution in [1.82, 2.24) is 5.06 Å². The van der Waals surface area contributed by atoms with Gasteiger partial charge in [0, 0.05) is 12.6 Å². The van der Waals surface area contributed by atoms with Crippen LogP contribution in [0.15, 0.2) is 6.07 Å². The highest BCUT2D eigenvalue weighted by atomic mass is 19.2. The third kappa shape index (κ3) is 2.55. The molecule has 0 heterocycles. The van der Waals surface area contributed by atoms with Crippen molar-refractivity contribution in [2.45, 2.75) is 6.92 Å². The van der Waals surface area contributed by atoms with E-state index in [9.17, 15) is 13.6 Å². The lowest BCUT2D eigenvalue weighted by atomic mass is 10.1. The molecule has 1 aromatic rings. The fraction of sp³-hybridized carbons (Fsp3) is 0.273. The molecule has 0 saturated heterocycles. The Morgan fingerprint density at radius 3 is 2.67 bits per heavy atom. The number of benzene rings is 1. The smallest absolute Gasteiger partial charge is 0.304 e. The number of hydroxylamine groups is 2. The molecule has 0 aliphatic rings. The molecule has 0 unspecified atom stereocenters. The monoisotopic (exact) mass is 255 g/mol. The van der Waals surface area contributed by atoms with E-state index in [0.717, 1.165) is 11.1 Å². The van der Waals surface area contributed by atoms with Gasteiger partial charge in [0.25, 0.3) is 0 Å². The molecule has 5 nitrogen and oxygen atoms in total. The number of urea groups is 1. The number of carbonyl (C=O) groups excluding carboxylic acids is 1. The highest BCUT2D eigenvalue weighted by Gasteiger charge is 2.18. The fourth-order valence-electron chi connectivity index (χ4n) is 1.27. The quantitative estimate of drug-likeness (QED) is 0.823. The number of amides is 2. The average molecular weight is 255 g/mol. The topological polar surface area (TPSA) is 65.4 Å². The van der Waals surface area contributed by atoms with Crippen LogP contribution in [0.2, 0.25) is 0 Å². The molecule has 18 heavy (non-hydrogen) atoms. The van der Waals surface area contributed by atoms with Gasteiger partial charge in [0.05, 0.1) is 18.4 Å². The summed E-state index contributed by atoms with van der Waals surface area (Å²) < 4.78 is 26.5. The largest absolute Gasteiger partial charge is 0.345 e. The molecular weight excluding hydrogens is 244 g/mol. The number of nitrogens with one attached hydrogen (secondary N) is 1. The lowest BCUT2D eigenvalue weighted by Gasteiger charge is -2.17. The number of halogens is 2. The Balaban J connectivity index is 3.21. The molecule has 0 aliphatic carbocycles. The summed E-state index contributed by atoms with van der Waals surface area (Å²) in [5.74, 6) is -2.24. The Kier molecular flexibility index (Phi) is 4.18. The molecule has 0 atom stereocenters. The number of nitrogens with zero attached hydrogens (tertiary/aromatic N) is 2. The summed E-state index contributed by atoms with van der Waals surface area (Å²) >= 11 is 0. The molecule has 0 aliphatic heterocycles. The van der Waals surface area contributed by atoms with E-state index in [1.54, 1.807) is 6.07 Å². The summed E-state index contributed by atoms with van der Waals surface area (Å²) in [7, 11) is 2.60. The predicted octanol–water partition coefficient (Wildman–Crippen LogP) is 2.17. The maximum absolute atomic E-state index is 13.4. The van der Waals surface area contributed by atoms with E-state index in [4.69, 9.17) is 5.26 Å². The van der Waals surface area contributed by atoms with Gasteiger partial charge in [-0.1, -0.05) is 0 Å². The highest BCUT2D eigenvalue weighted by molar-refractivity contribution is 5.91. The molecule has 0 spiro atoms. The Morgan fingerprint density at radius 2 is 2.17 bits per heavy atom. The van der Waals surface area contributed by atoms with E-state index in [-0.39, 0.29) is 16.8 Å². The minimum Gasteiger partial charge on any atom is -0.304 e. The molecule has 0 radical (unpaired) electrons. The van der Waals surface area contributed by atoms with E-state index >= 15 is 0 Å². The second kappa shape index (κ2) is 5.42. The Morgan fingerprint density at radius 1 is 1.56 bits per heavy atom. The number of anilines is 1. The first-order chi connectivity index (χ1) is 8.42. The Hall–Kier alpha value is -2.20. The maximum Gasteiger partial charge on any atom is 0.345 e. The number of carbonyl (C=O) groups is 1. The van der Waals surface area contributed by atoms with Crippen molar-refractivity contribution >= 4 is 11.7 Å². The molecule has 1 N–H and O–H groups in total. The zero-order chi connectivity index (χ0) is 13.9. The van der Waals surface area contributed by atoms with Crippen LogP contribution in [0.25, 0.3) is 0 Å². The van der Waals surface area contributed by atoms with Crippen molar-refractivity contribution < 1.29 is 18.4 Å². The summed E-state index contributed by atoms with van der Waals surface area (Å²) in [5, 5.41) is 12.0. The van der Waals surface area contributed by atoms with Gasteiger partial charge in [-0.05, 0) is 13.0 Å². The van der Waals surface area contributed by atoms with Crippen LogP contribution in [0.1, 0.15) is 11.1 Å². The first kappa shape index (κ1) is 13.9. The van der Waals surface area contributed by atoms with Gasteiger partial charge in [0.2, 0.25) is 0 Å². The zero-order valence-corrected chi connectivity index (χ0v) is 10.0. The molecule has 96 valence electrons. The van der Waals surface area contributed by atoms with Crippen LogP contribution in [0.4, 0.5) is 19.3 Å². The summed E-state index contributed by atoms with van der Waals surface area (Å²) in [6, 6.07) is 1.71. The average Bonchev–Trinajstić information content (AvgIpc) is 2.37. The maximum atomic E-state index is 13.4. The first-order valence-electron chi connectivity index (χ1n) is 4.89. The summed E-state index contributed by atoms with van der Waals surface area (Å²) in [5.41, 5.74) is -0.390. The van der Waals surface area contributed by atoms with Gasteiger partial charge >= 0.3 is 6.03 Å². The Bertz CT molecular complexity index is 526. The molecule has 0 saturated carbocycles. The third-order valence-electron chi connectivity index (χ3n) is 2.37. The van der Waals surface area contributed by atoms with Crippen LogP contribution in [0.5, 0.6) is 0 Å². The molecule has 0 bridgehead atoms. The standard InChI is InChI=1S/C11H11F2N3O2/c1-6-9(13)8(12)4-7(5-14)10(6)15-11(17)16(2)18-3/h4H,1-3H3,(H,15,17). The van der Waals surface area contributed by atoms with Crippen molar-refractivity contribution in [3.63, 3.8) is 0 Å². The van der Waals surface area contributed by atoms with E-state index < -0.39 is 17.7 Å². The van der Waals surface area contributed by atoms with Gasteiger partial charge in [0.15, 0.2) is 11.6 Å². The van der Waals surface area contributed by atoms with Crippen molar-refractivity contribution in [2.24, 2.45) is 0 Å². The first-order valence-corrected chi connectivity index (χ1v) is 4.89. The summed E-state index contributed by atoms with van der Waals surface area (Å²) in [6.07, 6.45) is 0. The number of nitriles is 1. The van der Waals surface area contributed by atoms with Crippen molar-refractivity contribution in [1.29, 1.82) is 5.26 Å². The normalized spacial score (nSPS) is 9.78. The fourth-order valence-corrected chi connectivity index (χ4v) is 1.27. The minimum absolute atomic E-state index is 0.0784. The van der Waals surface area contributed by atoms with Gasteiger partial charge < -0.3 is 5.32 Å². The molecule has 0 fully saturated rings. The van der Waals surface area contributed by atoms with Crippen molar-refractivity contribution in [3.8, 4) is 6.07 Å². The highest BCUT2D eigenvalue weighted by Crippen LogP contribution is 2.25. The lowest BCUT2D eigenvalue weighted by Crippen LogP contribution is -2.31. The molecule has 7 heteroatoms. The van der Waals surface area contributed by atoms with Crippen LogP contribution < -0.4 is 5.32 Å². The summed E-state index contributed by atoms with van der Waals surface area (Å²) in [6.45, 7) is 1.27. The number of hydrogen-bond acceptors (Lipinski definition) is 3. The number of hydrogen-bond donors (Lipinski definition) is 1. The Labute approximate surface area is 103 Å². The van der Waals surface area contributed by atoms with Crippen LogP contribution in [-0.4, -0.2) is 25.3 Å². The van der Waals surface area contributed by atoms with Gasteiger partial charge in [0.1, 0.15) is 6.07 Å². The lowest BCUT2D eigenvalue weighted by molar-refractivity contribution is -0.0598. The molecule has 1 rings (SSSR count). The second-order valence-corrected chi connectivity index (χ2v) is 3.44. The van der Waals surface area contributed by atoms with Gasteiger partial charge in [-0.25, -0.2) is 18.6 Å². The summed E-state index contributed by atoms with van der Waals surface area (Å²) in [4.78, 5) is 16.1.